The first-order valence-electron chi connectivity index (χ1n) is 8.50. The normalized spacial score (nSPS) is 16.3. The summed E-state index contributed by atoms with van der Waals surface area (Å²) in [4.78, 5) is 8.83. The van der Waals surface area contributed by atoms with Crippen LogP contribution in [0.2, 0.25) is 0 Å². The van der Waals surface area contributed by atoms with Crippen molar-refractivity contribution in [2.75, 3.05) is 32.9 Å². The first kappa shape index (κ1) is 17.7. The molecule has 0 atom stereocenters. The number of aromatic nitrogens is 1. The summed E-state index contributed by atoms with van der Waals surface area (Å²) in [7, 11) is 0. The van der Waals surface area contributed by atoms with Gasteiger partial charge in [-0.1, -0.05) is 6.07 Å². The standard InChI is InChI=1S/C17H28N4O2/c1-2-18-17(21-14-15-6-3-4-9-19-15)20-10-5-11-23-16-7-12-22-13-8-16/h3-4,6,9,16H,2,5,7-8,10-14H2,1H3,(H2,18,20,21). The zero-order valence-corrected chi connectivity index (χ0v) is 14.0. The van der Waals surface area contributed by atoms with Crippen LogP contribution in [0.3, 0.4) is 0 Å². The van der Waals surface area contributed by atoms with Crippen LogP contribution >= 0.6 is 0 Å². The van der Waals surface area contributed by atoms with Gasteiger partial charge in [0.25, 0.3) is 0 Å². The smallest absolute Gasteiger partial charge is 0.191 e. The molecule has 0 saturated carbocycles. The molecule has 0 amide bonds. The van der Waals surface area contributed by atoms with Gasteiger partial charge in [-0.25, -0.2) is 4.99 Å². The Hall–Kier alpha value is -1.66. The van der Waals surface area contributed by atoms with Gasteiger partial charge in [0.2, 0.25) is 0 Å². The van der Waals surface area contributed by atoms with Crippen LogP contribution in [0.25, 0.3) is 0 Å². The summed E-state index contributed by atoms with van der Waals surface area (Å²) in [5.41, 5.74) is 0.965. The highest BCUT2D eigenvalue weighted by Gasteiger charge is 2.13. The second kappa shape index (κ2) is 11.0. The Kier molecular flexibility index (Phi) is 8.43. The minimum absolute atomic E-state index is 0.370. The van der Waals surface area contributed by atoms with Gasteiger partial charge in [-0.05, 0) is 38.3 Å². The third-order valence-electron chi connectivity index (χ3n) is 3.60. The van der Waals surface area contributed by atoms with Crippen LogP contribution in [-0.4, -0.2) is 50.0 Å². The number of hydrogen-bond acceptors (Lipinski definition) is 4. The lowest BCUT2D eigenvalue weighted by atomic mass is 10.1. The van der Waals surface area contributed by atoms with E-state index in [1.165, 1.54) is 0 Å². The van der Waals surface area contributed by atoms with E-state index in [9.17, 15) is 0 Å². The molecule has 1 fully saturated rings. The highest BCUT2D eigenvalue weighted by Crippen LogP contribution is 2.10. The van der Waals surface area contributed by atoms with E-state index in [0.717, 1.165) is 63.8 Å². The minimum atomic E-state index is 0.370. The highest BCUT2D eigenvalue weighted by molar-refractivity contribution is 5.79. The molecule has 0 unspecified atom stereocenters. The van der Waals surface area contributed by atoms with Gasteiger partial charge in [0, 0.05) is 39.1 Å². The van der Waals surface area contributed by atoms with Crippen molar-refractivity contribution in [3.05, 3.63) is 30.1 Å². The van der Waals surface area contributed by atoms with Gasteiger partial charge in [0.15, 0.2) is 5.96 Å². The average molecular weight is 320 g/mol. The predicted molar refractivity (Wildman–Crippen MR) is 91.5 cm³/mol. The number of nitrogens with zero attached hydrogens (tertiary/aromatic N) is 2. The molecule has 128 valence electrons. The molecular formula is C17H28N4O2. The summed E-state index contributed by atoms with van der Waals surface area (Å²) in [5, 5.41) is 6.58. The van der Waals surface area contributed by atoms with Crippen molar-refractivity contribution in [2.24, 2.45) is 4.99 Å². The summed E-state index contributed by atoms with van der Waals surface area (Å²) >= 11 is 0. The Balaban J connectivity index is 1.63. The molecular weight excluding hydrogens is 292 g/mol. The molecule has 2 heterocycles. The lowest BCUT2D eigenvalue weighted by molar-refractivity contribution is -0.0320. The van der Waals surface area contributed by atoms with Crippen molar-refractivity contribution in [1.29, 1.82) is 0 Å². The van der Waals surface area contributed by atoms with Crippen molar-refractivity contribution in [2.45, 2.75) is 38.8 Å². The second-order valence-electron chi connectivity index (χ2n) is 5.48. The summed E-state index contributed by atoms with van der Waals surface area (Å²) in [6, 6.07) is 5.87. The van der Waals surface area contributed by atoms with Crippen molar-refractivity contribution in [3.8, 4) is 0 Å². The fraction of sp³-hybridized carbons (Fsp3) is 0.647. The third-order valence-corrected chi connectivity index (χ3v) is 3.60. The number of hydrogen-bond donors (Lipinski definition) is 2. The molecule has 0 bridgehead atoms. The average Bonchev–Trinajstić information content (AvgIpc) is 2.61. The molecule has 6 heteroatoms. The SMILES string of the molecule is CCNC(=NCc1ccccn1)NCCCOC1CCOCC1. The van der Waals surface area contributed by atoms with E-state index >= 15 is 0 Å². The Morgan fingerprint density at radius 2 is 2.22 bits per heavy atom. The predicted octanol–water partition coefficient (Wildman–Crippen LogP) is 1.72. The molecule has 6 nitrogen and oxygen atoms in total. The third kappa shape index (κ3) is 7.43. The molecule has 1 saturated heterocycles. The lowest BCUT2D eigenvalue weighted by Gasteiger charge is -2.22. The highest BCUT2D eigenvalue weighted by atomic mass is 16.5. The maximum atomic E-state index is 5.86. The summed E-state index contributed by atoms with van der Waals surface area (Å²) in [6.07, 6.45) is 5.16. The van der Waals surface area contributed by atoms with Gasteiger partial charge in [0.1, 0.15) is 0 Å². The van der Waals surface area contributed by atoms with E-state index in [4.69, 9.17) is 9.47 Å². The van der Waals surface area contributed by atoms with Crippen molar-refractivity contribution >= 4 is 5.96 Å². The summed E-state index contributed by atoms with van der Waals surface area (Å²) in [5.74, 6) is 0.823. The summed E-state index contributed by atoms with van der Waals surface area (Å²) in [6.45, 7) is 6.75. The van der Waals surface area contributed by atoms with Crippen LogP contribution in [0, 0.1) is 0 Å². The molecule has 2 N–H and O–H groups in total. The lowest BCUT2D eigenvalue weighted by Crippen LogP contribution is -2.38. The number of nitrogens with one attached hydrogen (secondary N) is 2. The quantitative estimate of drug-likeness (QED) is 0.434. The first-order valence-corrected chi connectivity index (χ1v) is 8.50. The Bertz CT molecular complexity index is 447. The molecule has 2 rings (SSSR count). The van der Waals surface area contributed by atoms with Gasteiger partial charge >= 0.3 is 0 Å². The van der Waals surface area contributed by atoms with Gasteiger partial charge in [-0.15, -0.1) is 0 Å². The van der Waals surface area contributed by atoms with Gasteiger partial charge in [-0.3, -0.25) is 4.98 Å². The maximum absolute atomic E-state index is 5.86. The van der Waals surface area contributed by atoms with Crippen LogP contribution in [0.4, 0.5) is 0 Å². The number of pyridine rings is 1. The number of rotatable bonds is 8. The van der Waals surface area contributed by atoms with Crippen LogP contribution < -0.4 is 10.6 Å². The fourth-order valence-corrected chi connectivity index (χ4v) is 2.37. The first-order chi connectivity index (χ1) is 11.4. The molecule has 1 aromatic rings. The molecule has 1 aliphatic rings. The van der Waals surface area contributed by atoms with Crippen molar-refractivity contribution in [1.82, 2.24) is 15.6 Å². The monoisotopic (exact) mass is 320 g/mol. The van der Waals surface area contributed by atoms with Crippen molar-refractivity contribution < 1.29 is 9.47 Å². The molecule has 0 spiro atoms. The van der Waals surface area contributed by atoms with E-state index in [1.54, 1.807) is 6.20 Å². The van der Waals surface area contributed by atoms with Crippen LogP contribution in [0.1, 0.15) is 31.9 Å². The molecule has 23 heavy (non-hydrogen) atoms. The minimum Gasteiger partial charge on any atom is -0.381 e. The second-order valence-corrected chi connectivity index (χ2v) is 5.48. The fourth-order valence-electron chi connectivity index (χ4n) is 2.37. The van der Waals surface area contributed by atoms with E-state index in [-0.39, 0.29) is 0 Å². The van der Waals surface area contributed by atoms with E-state index in [1.807, 2.05) is 18.2 Å². The largest absolute Gasteiger partial charge is 0.381 e. The molecule has 1 aromatic heterocycles. The van der Waals surface area contributed by atoms with Gasteiger partial charge in [-0.2, -0.15) is 0 Å². The van der Waals surface area contributed by atoms with E-state index < -0.39 is 0 Å². The number of guanidine groups is 1. The van der Waals surface area contributed by atoms with Crippen molar-refractivity contribution in [3.63, 3.8) is 0 Å². The van der Waals surface area contributed by atoms with Crippen LogP contribution in [0.15, 0.2) is 29.4 Å². The zero-order valence-electron chi connectivity index (χ0n) is 14.0. The van der Waals surface area contributed by atoms with E-state index in [0.29, 0.717) is 12.6 Å². The Labute approximate surface area is 138 Å². The number of aliphatic imine (C=N–C) groups is 1. The topological polar surface area (TPSA) is 67.8 Å². The van der Waals surface area contributed by atoms with Crippen LogP contribution in [0.5, 0.6) is 0 Å². The molecule has 1 aliphatic heterocycles. The zero-order chi connectivity index (χ0) is 16.2. The molecule has 0 radical (unpaired) electrons. The Morgan fingerprint density at radius 3 is 2.96 bits per heavy atom. The van der Waals surface area contributed by atoms with E-state index in [2.05, 4.69) is 27.5 Å². The Morgan fingerprint density at radius 1 is 1.35 bits per heavy atom. The van der Waals surface area contributed by atoms with Crippen LogP contribution in [-0.2, 0) is 16.0 Å². The molecule has 0 aliphatic carbocycles. The molecule has 0 aromatic carbocycles. The maximum Gasteiger partial charge on any atom is 0.191 e. The van der Waals surface area contributed by atoms with Gasteiger partial charge in [0.05, 0.1) is 18.3 Å². The summed E-state index contributed by atoms with van der Waals surface area (Å²) < 4.78 is 11.2. The number of ether oxygens (including phenoxy) is 2. The van der Waals surface area contributed by atoms with Gasteiger partial charge < -0.3 is 20.1 Å².